The Morgan fingerprint density at radius 1 is 1.05 bits per heavy atom. The van der Waals surface area contributed by atoms with Crippen LogP contribution in [0, 0.1) is 5.82 Å². The number of hydrogen-bond donors (Lipinski definition) is 1. The standard InChI is InChI=1S/C27H20ClFN2O7/c1-2-35-23-11-16(10-20(28)24(23)36-13-15-4-3-5-17(29)8-15)9-19-25(32)30-27(34)31(26(19)33)18-6-7-21-22(12-18)38-14-37-21/h3-12H,2,13-14H2,1H3,(H,30,32,34)/b19-9+. The van der Waals surface area contributed by atoms with E-state index in [2.05, 4.69) is 5.32 Å². The van der Waals surface area contributed by atoms with E-state index in [0.717, 1.165) is 4.90 Å². The maximum absolute atomic E-state index is 13.5. The zero-order valence-corrected chi connectivity index (χ0v) is 20.7. The summed E-state index contributed by atoms with van der Waals surface area (Å²) in [4.78, 5) is 39.3. The molecule has 0 bridgehead atoms. The maximum Gasteiger partial charge on any atom is 0.335 e. The number of imide groups is 2. The maximum atomic E-state index is 13.5. The normalized spacial score (nSPS) is 15.6. The fourth-order valence-corrected chi connectivity index (χ4v) is 4.21. The van der Waals surface area contributed by atoms with Gasteiger partial charge < -0.3 is 18.9 Å². The molecule has 0 atom stereocenters. The van der Waals surface area contributed by atoms with Gasteiger partial charge in [-0.15, -0.1) is 0 Å². The molecule has 4 amide bonds. The van der Waals surface area contributed by atoms with Gasteiger partial charge in [0.25, 0.3) is 11.8 Å². The first kappa shape index (κ1) is 25.1. The number of nitrogens with zero attached hydrogens (tertiary/aromatic N) is 1. The number of barbiturate groups is 1. The lowest BCUT2D eigenvalue weighted by Crippen LogP contribution is -2.54. The van der Waals surface area contributed by atoms with Gasteiger partial charge in [-0.05, 0) is 60.5 Å². The average molecular weight is 539 g/mol. The molecule has 3 aromatic carbocycles. The molecule has 0 saturated carbocycles. The summed E-state index contributed by atoms with van der Waals surface area (Å²) in [6.45, 7) is 2.10. The minimum atomic E-state index is -0.898. The number of halogens is 2. The summed E-state index contributed by atoms with van der Waals surface area (Å²) in [6, 6.07) is 12.6. The van der Waals surface area contributed by atoms with Crippen molar-refractivity contribution in [1.82, 2.24) is 5.32 Å². The zero-order valence-electron chi connectivity index (χ0n) is 20.0. The lowest BCUT2D eigenvalue weighted by atomic mass is 10.1. The van der Waals surface area contributed by atoms with Gasteiger partial charge in [-0.3, -0.25) is 14.9 Å². The van der Waals surface area contributed by atoms with Crippen LogP contribution in [0.3, 0.4) is 0 Å². The number of nitrogens with one attached hydrogen (secondary N) is 1. The Labute approximate surface area is 221 Å². The van der Waals surface area contributed by atoms with Crippen molar-refractivity contribution in [2.75, 3.05) is 18.3 Å². The Morgan fingerprint density at radius 3 is 2.66 bits per heavy atom. The van der Waals surface area contributed by atoms with E-state index in [-0.39, 0.29) is 47.8 Å². The lowest BCUT2D eigenvalue weighted by Gasteiger charge is -2.26. The van der Waals surface area contributed by atoms with Crippen LogP contribution in [0.25, 0.3) is 6.08 Å². The van der Waals surface area contributed by atoms with Gasteiger partial charge in [0.05, 0.1) is 17.3 Å². The third kappa shape index (κ3) is 4.98. The highest BCUT2D eigenvalue weighted by atomic mass is 35.5. The number of fused-ring (bicyclic) bond motifs is 1. The molecular weight excluding hydrogens is 519 g/mol. The number of rotatable bonds is 7. The summed E-state index contributed by atoms with van der Waals surface area (Å²) in [7, 11) is 0. The molecule has 194 valence electrons. The summed E-state index contributed by atoms with van der Waals surface area (Å²) in [5.74, 6) is -0.772. The molecule has 11 heteroatoms. The van der Waals surface area contributed by atoms with Gasteiger partial charge in [-0.25, -0.2) is 14.1 Å². The van der Waals surface area contributed by atoms with E-state index in [1.807, 2.05) is 0 Å². The third-order valence-corrected chi connectivity index (χ3v) is 5.91. The first-order valence-electron chi connectivity index (χ1n) is 11.5. The van der Waals surface area contributed by atoms with Crippen molar-refractivity contribution in [2.45, 2.75) is 13.5 Å². The van der Waals surface area contributed by atoms with Crippen molar-refractivity contribution in [3.05, 3.63) is 82.1 Å². The van der Waals surface area contributed by atoms with Crippen molar-refractivity contribution in [3.8, 4) is 23.0 Å². The van der Waals surface area contributed by atoms with Gasteiger partial charge in [0.1, 0.15) is 18.0 Å². The number of ether oxygens (including phenoxy) is 4. The van der Waals surface area contributed by atoms with Crippen LogP contribution < -0.4 is 29.2 Å². The molecule has 0 unspecified atom stereocenters. The van der Waals surface area contributed by atoms with Crippen LogP contribution in [0.15, 0.2) is 60.2 Å². The van der Waals surface area contributed by atoms with Crippen molar-refractivity contribution in [2.24, 2.45) is 0 Å². The first-order chi connectivity index (χ1) is 18.3. The van der Waals surface area contributed by atoms with Crippen LogP contribution in [-0.2, 0) is 16.2 Å². The number of urea groups is 1. The van der Waals surface area contributed by atoms with E-state index in [0.29, 0.717) is 22.6 Å². The highest BCUT2D eigenvalue weighted by Crippen LogP contribution is 2.39. The molecule has 2 aliphatic rings. The zero-order chi connectivity index (χ0) is 26.8. The molecule has 5 rings (SSSR count). The molecule has 1 fully saturated rings. The number of amides is 4. The molecule has 38 heavy (non-hydrogen) atoms. The van der Waals surface area contributed by atoms with Crippen LogP contribution in [0.2, 0.25) is 5.02 Å². The Hall–Kier alpha value is -4.57. The molecule has 1 saturated heterocycles. The summed E-state index contributed by atoms with van der Waals surface area (Å²) >= 11 is 6.48. The smallest absolute Gasteiger partial charge is 0.335 e. The lowest BCUT2D eigenvalue weighted by molar-refractivity contribution is -0.122. The first-order valence-corrected chi connectivity index (χ1v) is 11.9. The second kappa shape index (κ2) is 10.4. The molecule has 0 spiro atoms. The van der Waals surface area contributed by atoms with Crippen LogP contribution in [0.5, 0.6) is 23.0 Å². The largest absolute Gasteiger partial charge is 0.490 e. The predicted molar refractivity (Wildman–Crippen MR) is 135 cm³/mol. The minimum Gasteiger partial charge on any atom is -0.490 e. The number of carbonyl (C=O) groups excluding carboxylic acids is 3. The summed E-state index contributed by atoms with van der Waals surface area (Å²) in [5.41, 5.74) is 0.848. The number of anilines is 1. The number of hydrogen-bond acceptors (Lipinski definition) is 7. The van der Waals surface area contributed by atoms with Gasteiger partial charge in [-0.1, -0.05) is 23.7 Å². The molecular formula is C27H20ClFN2O7. The third-order valence-electron chi connectivity index (χ3n) is 5.63. The predicted octanol–water partition coefficient (Wildman–Crippen LogP) is 4.85. The van der Waals surface area contributed by atoms with E-state index >= 15 is 0 Å². The molecule has 0 aromatic heterocycles. The van der Waals surface area contributed by atoms with Crippen LogP contribution in [-0.4, -0.2) is 31.2 Å². The number of carbonyl (C=O) groups is 3. The average Bonchev–Trinajstić information content (AvgIpc) is 3.34. The Balaban J connectivity index is 1.45. The Morgan fingerprint density at radius 2 is 1.87 bits per heavy atom. The molecule has 2 heterocycles. The molecule has 0 radical (unpaired) electrons. The Kier molecular flexibility index (Phi) is 6.89. The second-order valence-corrected chi connectivity index (χ2v) is 8.58. The van der Waals surface area contributed by atoms with Gasteiger partial charge >= 0.3 is 6.03 Å². The summed E-state index contributed by atoms with van der Waals surface area (Å²) in [6.07, 6.45) is 1.30. The summed E-state index contributed by atoms with van der Waals surface area (Å²) in [5, 5.41) is 2.32. The van der Waals surface area contributed by atoms with Crippen molar-refractivity contribution in [3.63, 3.8) is 0 Å². The molecule has 2 aliphatic heterocycles. The van der Waals surface area contributed by atoms with E-state index < -0.39 is 23.7 Å². The van der Waals surface area contributed by atoms with E-state index in [9.17, 15) is 18.8 Å². The van der Waals surface area contributed by atoms with E-state index in [4.69, 9.17) is 30.5 Å². The molecule has 9 nitrogen and oxygen atoms in total. The highest BCUT2D eigenvalue weighted by molar-refractivity contribution is 6.39. The molecule has 0 aliphatic carbocycles. The molecule has 3 aromatic rings. The highest BCUT2D eigenvalue weighted by Gasteiger charge is 2.37. The van der Waals surface area contributed by atoms with Crippen LogP contribution in [0.4, 0.5) is 14.9 Å². The Bertz CT molecular complexity index is 1490. The van der Waals surface area contributed by atoms with E-state index in [1.54, 1.807) is 31.2 Å². The fourth-order valence-electron chi connectivity index (χ4n) is 3.94. The molecule has 1 N–H and O–H groups in total. The van der Waals surface area contributed by atoms with Gasteiger partial charge in [0.15, 0.2) is 23.0 Å². The van der Waals surface area contributed by atoms with Gasteiger partial charge in [0, 0.05) is 6.07 Å². The van der Waals surface area contributed by atoms with E-state index in [1.165, 1.54) is 36.4 Å². The fraction of sp³-hybridized carbons (Fsp3) is 0.148. The topological polar surface area (TPSA) is 103 Å². The van der Waals surface area contributed by atoms with Crippen molar-refractivity contribution < 1.29 is 37.7 Å². The SMILES string of the molecule is CCOc1cc(/C=C2\C(=O)NC(=O)N(c3ccc4c(c3)OCO4)C2=O)cc(Cl)c1OCc1cccc(F)c1. The van der Waals surface area contributed by atoms with Gasteiger partial charge in [-0.2, -0.15) is 0 Å². The van der Waals surface area contributed by atoms with Crippen LogP contribution >= 0.6 is 11.6 Å². The summed E-state index contributed by atoms with van der Waals surface area (Å²) < 4.78 is 35.6. The second-order valence-electron chi connectivity index (χ2n) is 8.18. The van der Waals surface area contributed by atoms with Gasteiger partial charge in [0.2, 0.25) is 6.79 Å². The number of benzene rings is 3. The monoisotopic (exact) mass is 538 g/mol. The quantitative estimate of drug-likeness (QED) is 0.339. The minimum absolute atomic E-state index is 0.0213. The van der Waals surface area contributed by atoms with Crippen molar-refractivity contribution >= 4 is 41.2 Å². The van der Waals surface area contributed by atoms with Crippen LogP contribution in [0.1, 0.15) is 18.1 Å². The van der Waals surface area contributed by atoms with Crippen molar-refractivity contribution in [1.29, 1.82) is 0 Å².